The van der Waals surface area contributed by atoms with Crippen LogP contribution in [0, 0.1) is 0 Å². The number of aromatic nitrogens is 2. The Labute approximate surface area is 122 Å². The summed E-state index contributed by atoms with van der Waals surface area (Å²) in [6.45, 7) is 7.19. The first-order valence-electron chi connectivity index (χ1n) is 6.63. The SMILES string of the molecule is CCSCCC(O)Cc1c(Br)c(CC)nn1CC. The Morgan fingerprint density at radius 3 is 2.67 bits per heavy atom. The zero-order valence-corrected chi connectivity index (χ0v) is 13.9. The number of nitrogens with zero attached hydrogens (tertiary/aromatic N) is 2. The smallest absolute Gasteiger partial charge is 0.0766 e. The van der Waals surface area contributed by atoms with Gasteiger partial charge in [-0.05, 0) is 47.2 Å². The summed E-state index contributed by atoms with van der Waals surface area (Å²) in [6, 6.07) is 0. The molecule has 0 saturated carbocycles. The van der Waals surface area contributed by atoms with Crippen LogP contribution in [0.1, 0.15) is 38.6 Å². The Hall–Kier alpha value is 0. The largest absolute Gasteiger partial charge is 0.393 e. The van der Waals surface area contributed by atoms with Gasteiger partial charge in [-0.25, -0.2) is 0 Å². The van der Waals surface area contributed by atoms with E-state index in [4.69, 9.17) is 0 Å². The van der Waals surface area contributed by atoms with Gasteiger partial charge in [-0.15, -0.1) is 0 Å². The fourth-order valence-corrected chi connectivity index (χ4v) is 3.35. The van der Waals surface area contributed by atoms with E-state index in [0.717, 1.165) is 46.8 Å². The molecule has 0 amide bonds. The first-order valence-corrected chi connectivity index (χ1v) is 8.58. The van der Waals surface area contributed by atoms with Crippen LogP contribution in [0.5, 0.6) is 0 Å². The Kier molecular flexibility index (Phi) is 7.34. The standard InChI is InChI=1S/C13H23BrN2OS/c1-4-11-13(14)12(16(5-2)15-11)9-10(17)7-8-18-6-3/h10,17H,4-9H2,1-3H3. The van der Waals surface area contributed by atoms with Crippen molar-refractivity contribution >= 4 is 27.7 Å². The van der Waals surface area contributed by atoms with Crippen LogP contribution in [0.15, 0.2) is 4.47 Å². The highest BCUT2D eigenvalue weighted by Crippen LogP contribution is 2.24. The zero-order valence-electron chi connectivity index (χ0n) is 11.4. The Balaban J connectivity index is 2.67. The molecule has 1 N–H and O–H groups in total. The molecule has 0 radical (unpaired) electrons. The monoisotopic (exact) mass is 334 g/mol. The van der Waals surface area contributed by atoms with Crippen molar-refractivity contribution in [3.63, 3.8) is 0 Å². The van der Waals surface area contributed by atoms with Crippen LogP contribution < -0.4 is 0 Å². The Bertz CT molecular complexity index is 368. The molecule has 0 saturated heterocycles. The van der Waals surface area contributed by atoms with Crippen molar-refractivity contribution in [2.75, 3.05) is 11.5 Å². The molecule has 18 heavy (non-hydrogen) atoms. The topological polar surface area (TPSA) is 38.1 Å². The normalized spacial score (nSPS) is 12.9. The van der Waals surface area contributed by atoms with Gasteiger partial charge in [0, 0.05) is 13.0 Å². The first kappa shape index (κ1) is 16.1. The van der Waals surface area contributed by atoms with Crippen molar-refractivity contribution < 1.29 is 5.11 Å². The van der Waals surface area contributed by atoms with Gasteiger partial charge in [-0.3, -0.25) is 4.68 Å². The molecule has 5 heteroatoms. The van der Waals surface area contributed by atoms with E-state index in [-0.39, 0.29) is 6.10 Å². The number of aliphatic hydroxyl groups excluding tert-OH is 1. The van der Waals surface area contributed by atoms with E-state index in [1.807, 2.05) is 16.4 Å². The Morgan fingerprint density at radius 2 is 2.11 bits per heavy atom. The molecule has 0 aliphatic rings. The summed E-state index contributed by atoms with van der Waals surface area (Å²) in [5.74, 6) is 2.14. The fraction of sp³-hybridized carbons (Fsp3) is 0.769. The lowest BCUT2D eigenvalue weighted by Crippen LogP contribution is -2.15. The van der Waals surface area contributed by atoms with E-state index < -0.39 is 0 Å². The summed E-state index contributed by atoms with van der Waals surface area (Å²) in [6.07, 6.45) is 2.18. The summed E-state index contributed by atoms with van der Waals surface area (Å²) in [5.41, 5.74) is 2.21. The molecule has 0 fully saturated rings. The average Bonchev–Trinajstić information content (AvgIpc) is 2.66. The number of halogens is 1. The highest BCUT2D eigenvalue weighted by atomic mass is 79.9. The highest BCUT2D eigenvalue weighted by molar-refractivity contribution is 9.10. The summed E-state index contributed by atoms with van der Waals surface area (Å²) in [5, 5.41) is 14.6. The molecular formula is C13H23BrN2OS. The van der Waals surface area contributed by atoms with Crippen molar-refractivity contribution in [2.45, 2.75) is 52.7 Å². The van der Waals surface area contributed by atoms with Gasteiger partial charge < -0.3 is 5.11 Å². The van der Waals surface area contributed by atoms with Crippen LogP contribution in [0.4, 0.5) is 0 Å². The van der Waals surface area contributed by atoms with E-state index in [2.05, 4.69) is 41.8 Å². The maximum Gasteiger partial charge on any atom is 0.0766 e. The summed E-state index contributed by atoms with van der Waals surface area (Å²) in [4.78, 5) is 0. The number of hydrogen-bond acceptors (Lipinski definition) is 3. The van der Waals surface area contributed by atoms with E-state index in [9.17, 15) is 5.11 Å². The molecule has 1 aromatic rings. The lowest BCUT2D eigenvalue weighted by atomic mass is 10.1. The summed E-state index contributed by atoms with van der Waals surface area (Å²) < 4.78 is 3.08. The third-order valence-corrected chi connectivity index (χ3v) is 4.77. The molecule has 1 heterocycles. The molecule has 3 nitrogen and oxygen atoms in total. The van der Waals surface area contributed by atoms with Crippen molar-refractivity contribution in [3.05, 3.63) is 15.9 Å². The number of rotatable bonds is 8. The summed E-state index contributed by atoms with van der Waals surface area (Å²) in [7, 11) is 0. The predicted octanol–water partition coefficient (Wildman–Crippen LogP) is 3.27. The van der Waals surface area contributed by atoms with Crippen molar-refractivity contribution in [2.24, 2.45) is 0 Å². The van der Waals surface area contributed by atoms with Crippen LogP contribution in [0.2, 0.25) is 0 Å². The van der Waals surface area contributed by atoms with Gasteiger partial charge in [-0.2, -0.15) is 16.9 Å². The predicted molar refractivity (Wildman–Crippen MR) is 82.3 cm³/mol. The molecular weight excluding hydrogens is 312 g/mol. The molecule has 0 aliphatic heterocycles. The molecule has 0 spiro atoms. The molecule has 0 aromatic carbocycles. The van der Waals surface area contributed by atoms with Gasteiger partial charge in [0.25, 0.3) is 0 Å². The Morgan fingerprint density at radius 1 is 1.39 bits per heavy atom. The number of hydrogen-bond donors (Lipinski definition) is 1. The zero-order chi connectivity index (χ0) is 13.5. The quantitative estimate of drug-likeness (QED) is 0.741. The maximum absolute atomic E-state index is 10.1. The minimum atomic E-state index is -0.271. The van der Waals surface area contributed by atoms with Gasteiger partial charge in [0.1, 0.15) is 0 Å². The lowest BCUT2D eigenvalue weighted by molar-refractivity contribution is 0.169. The van der Waals surface area contributed by atoms with Gasteiger partial charge in [0.2, 0.25) is 0 Å². The molecule has 104 valence electrons. The van der Waals surface area contributed by atoms with Crippen molar-refractivity contribution in [1.29, 1.82) is 0 Å². The van der Waals surface area contributed by atoms with Crippen LogP contribution in [-0.4, -0.2) is 32.5 Å². The minimum Gasteiger partial charge on any atom is -0.393 e. The lowest BCUT2D eigenvalue weighted by Gasteiger charge is -2.11. The van der Waals surface area contributed by atoms with Gasteiger partial charge in [-0.1, -0.05) is 13.8 Å². The second-order valence-corrected chi connectivity index (χ2v) is 6.41. The van der Waals surface area contributed by atoms with Crippen molar-refractivity contribution in [1.82, 2.24) is 9.78 Å². The van der Waals surface area contributed by atoms with Gasteiger partial charge >= 0.3 is 0 Å². The second kappa shape index (κ2) is 8.23. The van der Waals surface area contributed by atoms with Crippen LogP contribution in [0.25, 0.3) is 0 Å². The van der Waals surface area contributed by atoms with E-state index in [1.54, 1.807) is 0 Å². The first-order chi connectivity index (χ1) is 8.63. The second-order valence-electron chi connectivity index (χ2n) is 4.22. The van der Waals surface area contributed by atoms with Gasteiger partial charge in [0.15, 0.2) is 0 Å². The highest BCUT2D eigenvalue weighted by Gasteiger charge is 2.17. The average molecular weight is 335 g/mol. The fourth-order valence-electron chi connectivity index (χ4n) is 1.90. The molecule has 1 rings (SSSR count). The molecule has 0 aliphatic carbocycles. The molecule has 1 aromatic heterocycles. The number of thioether (sulfide) groups is 1. The third-order valence-electron chi connectivity index (χ3n) is 2.92. The van der Waals surface area contributed by atoms with Crippen molar-refractivity contribution in [3.8, 4) is 0 Å². The molecule has 1 atom stereocenters. The number of aryl methyl sites for hydroxylation is 2. The van der Waals surface area contributed by atoms with E-state index >= 15 is 0 Å². The van der Waals surface area contributed by atoms with Crippen LogP contribution in [-0.2, 0) is 19.4 Å². The van der Waals surface area contributed by atoms with Gasteiger partial charge in [0.05, 0.1) is 22.0 Å². The minimum absolute atomic E-state index is 0.271. The van der Waals surface area contributed by atoms with E-state index in [1.165, 1.54) is 0 Å². The van der Waals surface area contributed by atoms with E-state index in [0.29, 0.717) is 6.42 Å². The molecule has 0 bridgehead atoms. The maximum atomic E-state index is 10.1. The summed E-state index contributed by atoms with van der Waals surface area (Å²) >= 11 is 5.49. The number of aliphatic hydroxyl groups is 1. The van der Waals surface area contributed by atoms with Crippen LogP contribution >= 0.6 is 27.7 Å². The third kappa shape index (κ3) is 4.28. The molecule has 1 unspecified atom stereocenters. The van der Waals surface area contributed by atoms with Crippen LogP contribution in [0.3, 0.4) is 0 Å².